The van der Waals surface area contributed by atoms with Crippen LogP contribution in [0.1, 0.15) is 30.9 Å². The van der Waals surface area contributed by atoms with E-state index in [9.17, 15) is 0 Å². The van der Waals surface area contributed by atoms with Crippen LogP contribution >= 0.6 is 0 Å². The topological polar surface area (TPSA) is 112 Å². The van der Waals surface area contributed by atoms with Crippen LogP contribution in [-0.2, 0) is 4.74 Å². The van der Waals surface area contributed by atoms with Crippen molar-refractivity contribution >= 4 is 34.5 Å². The van der Waals surface area contributed by atoms with Gasteiger partial charge in [-0.2, -0.15) is 5.10 Å². The molecule has 3 N–H and O–H groups in total. The van der Waals surface area contributed by atoms with Gasteiger partial charge in [0.15, 0.2) is 5.82 Å². The van der Waals surface area contributed by atoms with Crippen LogP contribution in [0, 0.1) is 5.41 Å². The molecule has 172 valence electrons. The quantitative estimate of drug-likeness (QED) is 0.452. The highest BCUT2D eigenvalue weighted by Crippen LogP contribution is 2.21. The molecule has 33 heavy (non-hydrogen) atoms. The molecule has 1 fully saturated rings. The lowest BCUT2D eigenvalue weighted by Crippen LogP contribution is -2.44. The molecule has 9 nitrogen and oxygen atoms in total. The Balaban J connectivity index is 1.50. The standard InChI is InChI=1S/C24H30N8O/c1-16(2)17-9-24(31-28-13-17)30-23-5-4-21-22(29-23)8-18(12-27-21)19(10-25)11-26-14-20-15-32(3)6-7-33-20/h4-5,8-13,16,20,25-26H,6-7,14-15H2,1-3H3,(H,29,30,31)/b19-11+,25-10?. The normalized spacial score (nSPS) is 17.3. The molecule has 1 atom stereocenters. The molecule has 0 amide bonds. The first kappa shape index (κ1) is 22.8. The number of pyridine rings is 2. The van der Waals surface area contributed by atoms with Gasteiger partial charge in [-0.3, -0.25) is 4.98 Å². The van der Waals surface area contributed by atoms with E-state index in [-0.39, 0.29) is 6.10 Å². The van der Waals surface area contributed by atoms with Gasteiger partial charge in [0.1, 0.15) is 5.82 Å². The van der Waals surface area contributed by atoms with Crippen molar-refractivity contribution in [2.24, 2.45) is 0 Å². The minimum atomic E-state index is 0.134. The molecule has 0 spiro atoms. The van der Waals surface area contributed by atoms with E-state index in [4.69, 9.17) is 15.1 Å². The highest BCUT2D eigenvalue weighted by molar-refractivity contribution is 6.08. The summed E-state index contributed by atoms with van der Waals surface area (Å²) in [6.45, 7) is 7.51. The summed E-state index contributed by atoms with van der Waals surface area (Å²) in [5.74, 6) is 1.67. The van der Waals surface area contributed by atoms with E-state index >= 15 is 0 Å². The average Bonchev–Trinajstić information content (AvgIpc) is 2.82. The van der Waals surface area contributed by atoms with Gasteiger partial charge in [-0.15, -0.1) is 5.10 Å². The molecule has 4 rings (SSSR count). The van der Waals surface area contributed by atoms with Crippen LogP contribution in [0.2, 0.25) is 0 Å². The molecule has 0 bridgehead atoms. The Kier molecular flexibility index (Phi) is 7.21. The second kappa shape index (κ2) is 10.5. The van der Waals surface area contributed by atoms with Crippen LogP contribution < -0.4 is 10.6 Å². The molecular weight excluding hydrogens is 416 g/mol. The second-order valence-corrected chi connectivity index (χ2v) is 8.52. The Bertz CT molecular complexity index is 1150. The minimum Gasteiger partial charge on any atom is -0.388 e. The van der Waals surface area contributed by atoms with Crippen LogP contribution in [0.3, 0.4) is 0 Å². The first-order valence-corrected chi connectivity index (χ1v) is 11.1. The number of nitrogens with one attached hydrogen (secondary N) is 3. The number of nitrogens with zero attached hydrogens (tertiary/aromatic N) is 5. The molecule has 0 aliphatic carbocycles. The number of morpholine rings is 1. The number of ether oxygens (including phenoxy) is 1. The van der Waals surface area contributed by atoms with E-state index in [0.29, 0.717) is 24.1 Å². The van der Waals surface area contributed by atoms with Gasteiger partial charge < -0.3 is 25.7 Å². The van der Waals surface area contributed by atoms with E-state index in [1.54, 1.807) is 12.4 Å². The van der Waals surface area contributed by atoms with Gasteiger partial charge >= 0.3 is 0 Å². The molecule has 1 unspecified atom stereocenters. The van der Waals surface area contributed by atoms with Crippen LogP contribution in [0.25, 0.3) is 16.6 Å². The van der Waals surface area contributed by atoms with E-state index < -0.39 is 0 Å². The van der Waals surface area contributed by atoms with Crippen molar-refractivity contribution in [3.05, 3.63) is 54.0 Å². The maximum absolute atomic E-state index is 7.86. The third-order valence-electron chi connectivity index (χ3n) is 5.57. The zero-order chi connectivity index (χ0) is 23.2. The lowest BCUT2D eigenvalue weighted by Gasteiger charge is -2.30. The Labute approximate surface area is 193 Å². The molecule has 3 aromatic heterocycles. The Hall–Kier alpha value is -3.43. The average molecular weight is 447 g/mol. The molecule has 1 saturated heterocycles. The van der Waals surface area contributed by atoms with Gasteiger partial charge in [0.2, 0.25) is 0 Å². The Morgan fingerprint density at radius 2 is 2.12 bits per heavy atom. The van der Waals surface area contributed by atoms with Crippen LogP contribution in [0.4, 0.5) is 11.6 Å². The molecular formula is C24H30N8O. The smallest absolute Gasteiger partial charge is 0.154 e. The highest BCUT2D eigenvalue weighted by Gasteiger charge is 2.16. The summed E-state index contributed by atoms with van der Waals surface area (Å²) in [5.41, 5.74) is 4.16. The number of hydrogen-bond acceptors (Lipinski definition) is 9. The molecule has 0 aromatic carbocycles. The van der Waals surface area contributed by atoms with Crippen molar-refractivity contribution in [1.82, 2.24) is 30.4 Å². The third-order valence-corrected chi connectivity index (χ3v) is 5.57. The van der Waals surface area contributed by atoms with Crippen molar-refractivity contribution in [2.45, 2.75) is 25.9 Å². The number of rotatable bonds is 8. The first-order valence-electron chi connectivity index (χ1n) is 11.1. The maximum atomic E-state index is 7.86. The number of aromatic nitrogens is 4. The van der Waals surface area contributed by atoms with Crippen molar-refractivity contribution in [3.8, 4) is 0 Å². The molecule has 0 saturated carbocycles. The lowest BCUT2D eigenvalue weighted by atomic mass is 10.1. The van der Waals surface area contributed by atoms with Gasteiger partial charge in [0.05, 0.1) is 29.9 Å². The van der Waals surface area contributed by atoms with Gasteiger partial charge in [0, 0.05) is 49.4 Å². The van der Waals surface area contributed by atoms with Gasteiger partial charge in [-0.1, -0.05) is 13.8 Å². The molecule has 1 aliphatic rings. The summed E-state index contributed by atoms with van der Waals surface area (Å²) in [6.07, 6.45) is 6.83. The maximum Gasteiger partial charge on any atom is 0.154 e. The SMILES string of the molecule is CC(C)c1cnnc(Nc2ccc3ncc(/C(C=N)=C/NCC4CN(C)CCO4)cc3n2)c1. The summed E-state index contributed by atoms with van der Waals surface area (Å²) >= 11 is 0. The van der Waals surface area contributed by atoms with E-state index in [0.717, 1.165) is 47.4 Å². The van der Waals surface area contributed by atoms with E-state index in [1.807, 2.05) is 30.5 Å². The Morgan fingerprint density at radius 1 is 1.24 bits per heavy atom. The molecule has 9 heteroatoms. The number of anilines is 2. The summed E-state index contributed by atoms with van der Waals surface area (Å²) in [5, 5.41) is 22.6. The molecule has 3 aromatic rings. The number of likely N-dealkylation sites (N-methyl/N-ethyl adjacent to an activating group) is 1. The fraction of sp³-hybridized carbons (Fsp3) is 0.375. The second-order valence-electron chi connectivity index (χ2n) is 8.52. The van der Waals surface area contributed by atoms with Crippen molar-refractivity contribution < 1.29 is 4.74 Å². The number of allylic oxidation sites excluding steroid dienone is 1. The summed E-state index contributed by atoms with van der Waals surface area (Å²) < 4.78 is 5.78. The van der Waals surface area contributed by atoms with Crippen molar-refractivity contribution in [2.75, 3.05) is 38.6 Å². The predicted octanol–water partition coefficient (Wildman–Crippen LogP) is 3.20. The largest absolute Gasteiger partial charge is 0.388 e. The number of fused-ring (bicyclic) bond motifs is 1. The van der Waals surface area contributed by atoms with Crippen LogP contribution in [0.15, 0.2) is 42.9 Å². The lowest BCUT2D eigenvalue weighted by molar-refractivity contribution is -0.0165. The van der Waals surface area contributed by atoms with E-state index in [2.05, 4.69) is 51.6 Å². The van der Waals surface area contributed by atoms with Gasteiger partial charge in [0.25, 0.3) is 0 Å². The zero-order valence-corrected chi connectivity index (χ0v) is 19.2. The Morgan fingerprint density at radius 3 is 2.91 bits per heavy atom. The van der Waals surface area contributed by atoms with E-state index in [1.165, 1.54) is 6.21 Å². The summed E-state index contributed by atoms with van der Waals surface area (Å²) in [4.78, 5) is 11.5. The summed E-state index contributed by atoms with van der Waals surface area (Å²) in [7, 11) is 2.10. The van der Waals surface area contributed by atoms with Crippen molar-refractivity contribution in [3.63, 3.8) is 0 Å². The molecule has 0 radical (unpaired) electrons. The number of hydrogen-bond donors (Lipinski definition) is 3. The van der Waals surface area contributed by atoms with Crippen molar-refractivity contribution in [1.29, 1.82) is 5.41 Å². The van der Waals surface area contributed by atoms with Gasteiger partial charge in [-0.05, 0) is 42.8 Å². The van der Waals surface area contributed by atoms with Crippen LogP contribution in [-0.4, -0.2) is 70.7 Å². The summed E-state index contributed by atoms with van der Waals surface area (Å²) in [6, 6.07) is 7.70. The fourth-order valence-corrected chi connectivity index (χ4v) is 3.62. The highest BCUT2D eigenvalue weighted by atomic mass is 16.5. The zero-order valence-electron chi connectivity index (χ0n) is 19.2. The minimum absolute atomic E-state index is 0.134. The molecule has 4 heterocycles. The van der Waals surface area contributed by atoms with Crippen LogP contribution in [0.5, 0.6) is 0 Å². The third kappa shape index (κ3) is 5.88. The molecule has 1 aliphatic heterocycles. The van der Waals surface area contributed by atoms with Gasteiger partial charge in [-0.25, -0.2) is 4.98 Å². The fourth-order valence-electron chi connectivity index (χ4n) is 3.62. The monoisotopic (exact) mass is 446 g/mol. The predicted molar refractivity (Wildman–Crippen MR) is 131 cm³/mol. The first-order chi connectivity index (χ1) is 16.0.